The lowest BCUT2D eigenvalue weighted by Gasteiger charge is -2.17. The van der Waals surface area contributed by atoms with Crippen LogP contribution in [0.2, 0.25) is 5.02 Å². The molecule has 0 aliphatic rings. The lowest BCUT2D eigenvalue weighted by atomic mass is 10.2. The summed E-state index contributed by atoms with van der Waals surface area (Å²) < 4.78 is 5.32. The first-order chi connectivity index (χ1) is 11.4. The minimum atomic E-state index is -0.173. The molecular formula is C19H22ClNO2S. The van der Waals surface area contributed by atoms with Crippen molar-refractivity contribution < 1.29 is 9.53 Å². The molecule has 0 saturated carbocycles. The van der Waals surface area contributed by atoms with E-state index in [1.165, 1.54) is 5.56 Å². The Hall–Kier alpha value is -1.65. The Morgan fingerprint density at radius 2 is 1.92 bits per heavy atom. The number of nitrogens with one attached hydrogen (secondary N) is 1. The molecule has 0 heterocycles. The van der Waals surface area contributed by atoms with Gasteiger partial charge in [-0.25, -0.2) is 0 Å². The van der Waals surface area contributed by atoms with Gasteiger partial charge in [0, 0.05) is 16.0 Å². The third kappa shape index (κ3) is 4.68. The molecule has 128 valence electrons. The van der Waals surface area contributed by atoms with Crippen LogP contribution < -0.4 is 10.1 Å². The Morgan fingerprint density at radius 3 is 2.50 bits per heavy atom. The molecule has 24 heavy (non-hydrogen) atoms. The first kappa shape index (κ1) is 18.7. The van der Waals surface area contributed by atoms with Gasteiger partial charge in [-0.05, 0) is 44.0 Å². The molecule has 0 aromatic heterocycles. The van der Waals surface area contributed by atoms with Crippen molar-refractivity contribution in [2.75, 3.05) is 12.4 Å². The number of hydrogen-bond donors (Lipinski definition) is 1. The summed E-state index contributed by atoms with van der Waals surface area (Å²) in [5.41, 5.74) is 2.75. The molecule has 1 unspecified atom stereocenters. The lowest BCUT2D eigenvalue weighted by Crippen LogP contribution is -2.24. The highest BCUT2D eigenvalue weighted by molar-refractivity contribution is 8.00. The highest BCUT2D eigenvalue weighted by atomic mass is 35.5. The summed E-state index contributed by atoms with van der Waals surface area (Å²) in [6, 6.07) is 11.8. The zero-order valence-electron chi connectivity index (χ0n) is 14.4. The van der Waals surface area contributed by atoms with E-state index in [9.17, 15) is 4.79 Å². The number of ether oxygens (including phenoxy) is 1. The molecule has 5 heteroatoms. The SMILES string of the molecule is CCC(Sc1ccc(C)cc1)C(=O)Nc1cc(C)c(Cl)cc1OC. The van der Waals surface area contributed by atoms with E-state index in [0.717, 1.165) is 16.9 Å². The van der Waals surface area contributed by atoms with Crippen LogP contribution in [0, 0.1) is 13.8 Å². The fourth-order valence-corrected chi connectivity index (χ4v) is 3.35. The van der Waals surface area contributed by atoms with Crippen molar-refractivity contribution in [3.63, 3.8) is 0 Å². The molecule has 2 aromatic rings. The van der Waals surface area contributed by atoms with E-state index in [1.807, 2.05) is 39.0 Å². The summed E-state index contributed by atoms with van der Waals surface area (Å²) in [5.74, 6) is 0.525. The van der Waals surface area contributed by atoms with Gasteiger partial charge in [-0.1, -0.05) is 36.2 Å². The van der Waals surface area contributed by atoms with Crippen LogP contribution in [-0.2, 0) is 4.79 Å². The van der Waals surface area contributed by atoms with Gasteiger partial charge >= 0.3 is 0 Å². The number of rotatable bonds is 6. The van der Waals surface area contributed by atoms with Crippen molar-refractivity contribution in [2.45, 2.75) is 37.3 Å². The van der Waals surface area contributed by atoms with Gasteiger partial charge in [-0.15, -0.1) is 11.8 Å². The van der Waals surface area contributed by atoms with Crippen molar-refractivity contribution in [1.29, 1.82) is 0 Å². The molecule has 2 rings (SSSR count). The molecule has 0 spiro atoms. The molecule has 2 aromatic carbocycles. The Bertz CT molecular complexity index is 716. The average molecular weight is 364 g/mol. The van der Waals surface area contributed by atoms with Crippen molar-refractivity contribution >= 4 is 35.0 Å². The zero-order chi connectivity index (χ0) is 17.7. The van der Waals surface area contributed by atoms with Crippen molar-refractivity contribution in [1.82, 2.24) is 0 Å². The van der Waals surface area contributed by atoms with E-state index in [2.05, 4.69) is 17.4 Å². The van der Waals surface area contributed by atoms with Crippen molar-refractivity contribution in [3.05, 3.63) is 52.5 Å². The highest BCUT2D eigenvalue weighted by Crippen LogP contribution is 2.32. The van der Waals surface area contributed by atoms with E-state index in [-0.39, 0.29) is 11.2 Å². The van der Waals surface area contributed by atoms with Gasteiger partial charge < -0.3 is 10.1 Å². The van der Waals surface area contributed by atoms with Crippen LogP contribution in [0.1, 0.15) is 24.5 Å². The third-order valence-corrected chi connectivity index (χ3v) is 5.48. The molecule has 3 nitrogen and oxygen atoms in total. The topological polar surface area (TPSA) is 38.3 Å². The number of methoxy groups -OCH3 is 1. The van der Waals surface area contributed by atoms with Gasteiger partial charge in [0.2, 0.25) is 5.91 Å². The number of carbonyl (C=O) groups is 1. The van der Waals surface area contributed by atoms with Gasteiger partial charge in [0.25, 0.3) is 0 Å². The number of anilines is 1. The molecule has 0 bridgehead atoms. The normalized spacial score (nSPS) is 11.9. The first-order valence-electron chi connectivity index (χ1n) is 7.83. The number of amides is 1. The fourth-order valence-electron chi connectivity index (χ4n) is 2.25. The Labute approximate surface area is 152 Å². The van der Waals surface area contributed by atoms with Gasteiger partial charge in [0.05, 0.1) is 18.0 Å². The Balaban J connectivity index is 2.14. The van der Waals surface area contributed by atoms with E-state index in [0.29, 0.717) is 16.5 Å². The number of benzene rings is 2. The minimum Gasteiger partial charge on any atom is -0.495 e. The second kappa shape index (κ2) is 8.45. The molecule has 0 aliphatic carbocycles. The van der Waals surface area contributed by atoms with Crippen molar-refractivity contribution in [3.8, 4) is 5.75 Å². The van der Waals surface area contributed by atoms with E-state index in [1.54, 1.807) is 24.9 Å². The number of hydrogen-bond acceptors (Lipinski definition) is 3. The summed E-state index contributed by atoms with van der Waals surface area (Å²) in [5, 5.41) is 3.41. The largest absolute Gasteiger partial charge is 0.495 e. The summed E-state index contributed by atoms with van der Waals surface area (Å²) >= 11 is 7.68. The predicted molar refractivity (Wildman–Crippen MR) is 102 cm³/mol. The summed E-state index contributed by atoms with van der Waals surface area (Å²) in [6.45, 7) is 5.96. The van der Waals surface area contributed by atoms with E-state index >= 15 is 0 Å². The number of thioether (sulfide) groups is 1. The fraction of sp³-hybridized carbons (Fsp3) is 0.316. The molecule has 0 fully saturated rings. The maximum absolute atomic E-state index is 12.7. The van der Waals surface area contributed by atoms with Gasteiger partial charge in [0.15, 0.2) is 0 Å². The predicted octanol–water partition coefficient (Wildman–Crippen LogP) is 5.47. The zero-order valence-corrected chi connectivity index (χ0v) is 15.9. The number of halogens is 1. The molecule has 1 N–H and O–H groups in total. The molecule has 1 amide bonds. The Morgan fingerprint density at radius 1 is 1.25 bits per heavy atom. The lowest BCUT2D eigenvalue weighted by molar-refractivity contribution is -0.115. The number of aryl methyl sites for hydroxylation is 2. The quantitative estimate of drug-likeness (QED) is 0.691. The Kier molecular flexibility index (Phi) is 6.58. The average Bonchev–Trinajstić information content (AvgIpc) is 2.57. The van der Waals surface area contributed by atoms with Crippen LogP contribution >= 0.6 is 23.4 Å². The monoisotopic (exact) mass is 363 g/mol. The van der Waals surface area contributed by atoms with E-state index < -0.39 is 0 Å². The van der Waals surface area contributed by atoms with Gasteiger partial charge in [-0.3, -0.25) is 4.79 Å². The molecule has 0 aliphatic heterocycles. The molecular weight excluding hydrogens is 342 g/mol. The first-order valence-corrected chi connectivity index (χ1v) is 9.08. The molecule has 0 radical (unpaired) electrons. The van der Waals surface area contributed by atoms with Gasteiger partial charge in [-0.2, -0.15) is 0 Å². The van der Waals surface area contributed by atoms with Crippen LogP contribution in [0.25, 0.3) is 0 Å². The maximum Gasteiger partial charge on any atom is 0.237 e. The summed E-state index contributed by atoms with van der Waals surface area (Å²) in [6.07, 6.45) is 0.735. The second-order valence-electron chi connectivity index (χ2n) is 5.62. The smallest absolute Gasteiger partial charge is 0.237 e. The van der Waals surface area contributed by atoms with Crippen LogP contribution in [0.3, 0.4) is 0 Å². The second-order valence-corrected chi connectivity index (χ2v) is 7.30. The molecule has 0 saturated heterocycles. The van der Waals surface area contributed by atoms with Crippen LogP contribution in [0.5, 0.6) is 5.75 Å². The third-order valence-electron chi connectivity index (χ3n) is 3.70. The minimum absolute atomic E-state index is 0.0388. The highest BCUT2D eigenvalue weighted by Gasteiger charge is 2.20. The van der Waals surface area contributed by atoms with Crippen LogP contribution in [0.15, 0.2) is 41.3 Å². The van der Waals surface area contributed by atoms with Crippen LogP contribution in [-0.4, -0.2) is 18.3 Å². The number of carbonyl (C=O) groups excluding carboxylic acids is 1. The molecule has 1 atom stereocenters. The maximum atomic E-state index is 12.7. The summed E-state index contributed by atoms with van der Waals surface area (Å²) in [7, 11) is 1.56. The summed E-state index contributed by atoms with van der Waals surface area (Å²) in [4.78, 5) is 13.7. The standard InChI is InChI=1S/C19H22ClNO2S/c1-5-18(24-14-8-6-12(2)7-9-14)19(22)21-16-10-13(3)15(20)11-17(16)23-4/h6-11,18H,5H2,1-4H3,(H,21,22). The van der Waals surface area contributed by atoms with Crippen molar-refractivity contribution in [2.24, 2.45) is 0 Å². The van der Waals surface area contributed by atoms with Gasteiger partial charge in [0.1, 0.15) is 5.75 Å². The van der Waals surface area contributed by atoms with E-state index in [4.69, 9.17) is 16.3 Å². The van der Waals surface area contributed by atoms with Crippen LogP contribution in [0.4, 0.5) is 5.69 Å².